The van der Waals surface area contributed by atoms with E-state index in [1.54, 1.807) is 0 Å². The lowest BCUT2D eigenvalue weighted by molar-refractivity contribution is -0.141. The number of anilines is 1. The molecule has 1 aliphatic carbocycles. The number of nitrogens with zero attached hydrogens (tertiary/aromatic N) is 3. The van der Waals surface area contributed by atoms with Crippen LogP contribution in [0.4, 0.5) is 19.0 Å². The number of rotatable bonds is 1. The molecule has 1 aliphatic heterocycles. The molecule has 20 heavy (non-hydrogen) atoms. The van der Waals surface area contributed by atoms with Gasteiger partial charge in [0.15, 0.2) is 11.5 Å². The first-order chi connectivity index (χ1) is 9.49. The summed E-state index contributed by atoms with van der Waals surface area (Å²) in [5.41, 5.74) is -1.09. The van der Waals surface area contributed by atoms with E-state index in [4.69, 9.17) is 4.74 Å². The van der Waals surface area contributed by atoms with Gasteiger partial charge in [0, 0.05) is 13.1 Å². The number of aromatic nitrogens is 2. The summed E-state index contributed by atoms with van der Waals surface area (Å²) in [4.78, 5) is 1.97. The van der Waals surface area contributed by atoms with Crippen molar-refractivity contribution in [2.75, 3.05) is 24.6 Å². The van der Waals surface area contributed by atoms with Crippen LogP contribution in [0.15, 0.2) is 12.1 Å². The van der Waals surface area contributed by atoms with Crippen LogP contribution in [-0.4, -0.2) is 35.5 Å². The second kappa shape index (κ2) is 4.87. The fourth-order valence-electron chi connectivity index (χ4n) is 3.01. The second-order valence-corrected chi connectivity index (χ2v) is 5.43. The summed E-state index contributed by atoms with van der Waals surface area (Å²) in [5.74, 6) is 0.493. The van der Waals surface area contributed by atoms with Crippen molar-refractivity contribution in [1.82, 2.24) is 10.2 Å². The molecule has 0 unspecified atom stereocenters. The molecule has 1 aromatic rings. The molecule has 0 atom stereocenters. The van der Waals surface area contributed by atoms with Crippen molar-refractivity contribution in [3.8, 4) is 0 Å². The van der Waals surface area contributed by atoms with Gasteiger partial charge in [-0.15, -0.1) is 10.2 Å². The van der Waals surface area contributed by atoms with E-state index in [-0.39, 0.29) is 5.60 Å². The van der Waals surface area contributed by atoms with E-state index in [0.29, 0.717) is 25.5 Å². The summed E-state index contributed by atoms with van der Waals surface area (Å²) in [6.45, 7) is 1.91. The van der Waals surface area contributed by atoms with Gasteiger partial charge in [-0.05, 0) is 25.0 Å². The molecule has 0 N–H and O–H groups in total. The van der Waals surface area contributed by atoms with Gasteiger partial charge in [-0.1, -0.05) is 12.8 Å². The largest absolute Gasteiger partial charge is 0.435 e. The highest BCUT2D eigenvalue weighted by atomic mass is 19.4. The number of halogens is 3. The van der Waals surface area contributed by atoms with Gasteiger partial charge in [0.2, 0.25) is 0 Å². The maximum atomic E-state index is 12.5. The van der Waals surface area contributed by atoms with Crippen LogP contribution in [0.1, 0.15) is 31.4 Å². The van der Waals surface area contributed by atoms with Crippen molar-refractivity contribution in [2.24, 2.45) is 0 Å². The molecule has 3 rings (SSSR count). The van der Waals surface area contributed by atoms with Crippen LogP contribution in [0.5, 0.6) is 0 Å². The molecular weight excluding hydrogens is 271 g/mol. The molecule has 2 heterocycles. The Kier molecular flexibility index (Phi) is 3.32. The lowest BCUT2D eigenvalue weighted by atomic mass is 10.00. The highest BCUT2D eigenvalue weighted by Crippen LogP contribution is 2.37. The first-order valence-corrected chi connectivity index (χ1v) is 6.78. The van der Waals surface area contributed by atoms with E-state index < -0.39 is 11.9 Å². The third kappa shape index (κ3) is 2.59. The molecule has 4 nitrogen and oxygen atoms in total. The molecule has 110 valence electrons. The van der Waals surface area contributed by atoms with Gasteiger partial charge in [0.25, 0.3) is 0 Å². The maximum Gasteiger partial charge on any atom is 0.435 e. The molecule has 2 aliphatic rings. The number of alkyl halides is 3. The van der Waals surface area contributed by atoms with Crippen molar-refractivity contribution >= 4 is 5.82 Å². The molecule has 0 amide bonds. The van der Waals surface area contributed by atoms with Crippen LogP contribution < -0.4 is 4.90 Å². The maximum absolute atomic E-state index is 12.5. The fourth-order valence-corrected chi connectivity index (χ4v) is 3.01. The summed E-state index contributed by atoms with van der Waals surface area (Å²) in [5, 5.41) is 7.01. The van der Waals surface area contributed by atoms with E-state index >= 15 is 0 Å². The zero-order valence-corrected chi connectivity index (χ0v) is 11.0. The SMILES string of the molecule is FC(F)(F)c1ccc(N2CCOC3(CCCC3)C2)nn1. The molecule has 0 aromatic carbocycles. The van der Waals surface area contributed by atoms with Crippen LogP contribution in [0.25, 0.3) is 0 Å². The Morgan fingerprint density at radius 3 is 2.50 bits per heavy atom. The van der Waals surface area contributed by atoms with Crippen molar-refractivity contribution in [3.63, 3.8) is 0 Å². The fraction of sp³-hybridized carbons (Fsp3) is 0.692. The number of hydrogen-bond donors (Lipinski definition) is 0. The monoisotopic (exact) mass is 287 g/mol. The van der Waals surface area contributed by atoms with Crippen LogP contribution in [0, 0.1) is 0 Å². The Balaban J connectivity index is 1.75. The van der Waals surface area contributed by atoms with E-state index in [1.165, 1.54) is 6.07 Å². The lowest BCUT2D eigenvalue weighted by Crippen LogP contribution is -2.50. The predicted molar refractivity (Wildman–Crippen MR) is 66.4 cm³/mol. The standard InChI is InChI=1S/C13H16F3N3O/c14-13(15,16)10-3-4-11(18-17-10)19-7-8-20-12(9-19)5-1-2-6-12/h3-4H,1-2,5-9H2. The Morgan fingerprint density at radius 1 is 1.15 bits per heavy atom. The Morgan fingerprint density at radius 2 is 1.90 bits per heavy atom. The normalized spacial score (nSPS) is 22.4. The van der Waals surface area contributed by atoms with E-state index in [9.17, 15) is 13.2 Å². The third-order valence-electron chi connectivity index (χ3n) is 4.03. The van der Waals surface area contributed by atoms with Gasteiger partial charge >= 0.3 is 6.18 Å². The second-order valence-electron chi connectivity index (χ2n) is 5.43. The summed E-state index contributed by atoms with van der Waals surface area (Å²) in [7, 11) is 0. The first-order valence-electron chi connectivity index (χ1n) is 6.78. The topological polar surface area (TPSA) is 38.2 Å². The smallest absolute Gasteiger partial charge is 0.371 e. The van der Waals surface area contributed by atoms with E-state index in [2.05, 4.69) is 10.2 Å². The van der Waals surface area contributed by atoms with Gasteiger partial charge in [0.05, 0.1) is 12.2 Å². The van der Waals surface area contributed by atoms with E-state index in [1.807, 2.05) is 4.90 Å². The van der Waals surface area contributed by atoms with E-state index in [0.717, 1.165) is 31.7 Å². The predicted octanol–water partition coefficient (Wildman–Crippen LogP) is 2.64. The molecule has 2 fully saturated rings. The lowest BCUT2D eigenvalue weighted by Gasteiger charge is -2.40. The van der Waals surface area contributed by atoms with Crippen molar-refractivity contribution in [2.45, 2.75) is 37.5 Å². The van der Waals surface area contributed by atoms with Gasteiger partial charge in [-0.25, -0.2) is 0 Å². The van der Waals surface area contributed by atoms with Crippen molar-refractivity contribution < 1.29 is 17.9 Å². The molecule has 1 aromatic heterocycles. The van der Waals surface area contributed by atoms with Crippen LogP contribution in [0.3, 0.4) is 0 Å². The highest BCUT2D eigenvalue weighted by molar-refractivity contribution is 5.39. The molecule has 1 saturated heterocycles. The Hall–Kier alpha value is -1.37. The molecule has 1 saturated carbocycles. The minimum atomic E-state index is -4.44. The van der Waals surface area contributed by atoms with Crippen LogP contribution in [0.2, 0.25) is 0 Å². The van der Waals surface area contributed by atoms with Crippen molar-refractivity contribution in [3.05, 3.63) is 17.8 Å². The average molecular weight is 287 g/mol. The molecule has 7 heteroatoms. The number of ether oxygens (including phenoxy) is 1. The first kappa shape index (κ1) is 13.6. The van der Waals surface area contributed by atoms with Crippen LogP contribution in [-0.2, 0) is 10.9 Å². The van der Waals surface area contributed by atoms with Gasteiger partial charge in [-0.2, -0.15) is 13.2 Å². The minimum Gasteiger partial charge on any atom is -0.371 e. The van der Waals surface area contributed by atoms with Crippen molar-refractivity contribution in [1.29, 1.82) is 0 Å². The molecule has 0 radical (unpaired) electrons. The molecule has 0 bridgehead atoms. The quantitative estimate of drug-likeness (QED) is 0.796. The Bertz CT molecular complexity index is 469. The highest BCUT2D eigenvalue weighted by Gasteiger charge is 2.40. The zero-order valence-electron chi connectivity index (χ0n) is 11.0. The Labute approximate surface area is 114 Å². The minimum absolute atomic E-state index is 0.136. The van der Waals surface area contributed by atoms with Crippen LogP contribution >= 0.6 is 0 Å². The summed E-state index contributed by atoms with van der Waals surface area (Å²) < 4.78 is 43.3. The summed E-state index contributed by atoms with van der Waals surface area (Å²) in [6, 6.07) is 2.38. The number of morpholine rings is 1. The average Bonchev–Trinajstić information content (AvgIpc) is 2.86. The van der Waals surface area contributed by atoms with Gasteiger partial charge in [0.1, 0.15) is 0 Å². The van der Waals surface area contributed by atoms with Gasteiger partial charge < -0.3 is 9.64 Å². The molecular formula is C13H16F3N3O. The number of hydrogen-bond acceptors (Lipinski definition) is 4. The molecule has 1 spiro atoms. The zero-order chi connectivity index (χ0) is 14.2. The van der Waals surface area contributed by atoms with Gasteiger partial charge in [-0.3, -0.25) is 0 Å². The summed E-state index contributed by atoms with van der Waals surface area (Å²) in [6.07, 6.45) is -0.128. The third-order valence-corrected chi connectivity index (χ3v) is 4.03. The summed E-state index contributed by atoms with van der Waals surface area (Å²) >= 11 is 0.